The SMILES string of the molecule is CCOC(=O)c1cc(OC(C)c2ccccc2F)c(C(=O)NC)[nH]1. The first kappa shape index (κ1) is 17.5. The zero-order chi connectivity index (χ0) is 17.7. The van der Waals surface area contributed by atoms with Crippen molar-refractivity contribution >= 4 is 11.9 Å². The normalized spacial score (nSPS) is 11.7. The average Bonchev–Trinajstić information content (AvgIpc) is 2.98. The Labute approximate surface area is 139 Å². The highest BCUT2D eigenvalue weighted by Gasteiger charge is 2.22. The fraction of sp³-hybridized carbons (Fsp3) is 0.294. The molecule has 0 saturated carbocycles. The topological polar surface area (TPSA) is 80.4 Å². The molecule has 1 aromatic carbocycles. The van der Waals surface area contributed by atoms with E-state index in [4.69, 9.17) is 9.47 Å². The number of nitrogens with one attached hydrogen (secondary N) is 2. The number of hydrogen-bond donors (Lipinski definition) is 2. The number of benzene rings is 1. The number of aromatic nitrogens is 1. The molecule has 1 atom stereocenters. The highest BCUT2D eigenvalue weighted by atomic mass is 19.1. The number of H-pyrrole nitrogens is 1. The molecule has 1 amide bonds. The number of amides is 1. The minimum Gasteiger partial charge on any atom is -0.483 e. The van der Waals surface area contributed by atoms with Crippen LogP contribution < -0.4 is 10.1 Å². The van der Waals surface area contributed by atoms with E-state index < -0.39 is 23.8 Å². The van der Waals surface area contributed by atoms with Gasteiger partial charge in [-0.05, 0) is 19.9 Å². The molecule has 1 heterocycles. The molecule has 1 aromatic heterocycles. The number of carbonyl (C=O) groups is 2. The van der Waals surface area contributed by atoms with Crippen molar-refractivity contribution in [2.75, 3.05) is 13.7 Å². The van der Waals surface area contributed by atoms with Gasteiger partial charge < -0.3 is 19.8 Å². The summed E-state index contributed by atoms with van der Waals surface area (Å²) < 4.78 is 24.5. The number of esters is 1. The lowest BCUT2D eigenvalue weighted by atomic mass is 10.1. The summed E-state index contributed by atoms with van der Waals surface area (Å²) in [4.78, 5) is 26.5. The van der Waals surface area contributed by atoms with Crippen molar-refractivity contribution in [2.24, 2.45) is 0 Å². The van der Waals surface area contributed by atoms with Gasteiger partial charge in [0.05, 0.1) is 6.61 Å². The second kappa shape index (κ2) is 7.63. The minimum absolute atomic E-state index is 0.0729. The molecule has 0 saturated heterocycles. The standard InChI is InChI=1S/C17H19FN2O4/c1-4-23-17(22)13-9-14(15(20-13)16(21)19-3)24-10(2)11-7-5-6-8-12(11)18/h5-10,20H,4H2,1-3H3,(H,19,21). The molecule has 2 rings (SSSR count). The molecule has 2 aromatic rings. The zero-order valence-electron chi connectivity index (χ0n) is 13.7. The predicted octanol–water partition coefficient (Wildman–Crippen LogP) is 2.83. The van der Waals surface area contributed by atoms with Crippen molar-refractivity contribution in [3.8, 4) is 5.75 Å². The lowest BCUT2D eigenvalue weighted by Gasteiger charge is -2.15. The van der Waals surface area contributed by atoms with E-state index in [-0.39, 0.29) is 23.7 Å². The van der Waals surface area contributed by atoms with Crippen LogP contribution in [0.25, 0.3) is 0 Å². The van der Waals surface area contributed by atoms with Gasteiger partial charge in [0, 0.05) is 18.7 Å². The van der Waals surface area contributed by atoms with E-state index in [1.807, 2.05) is 0 Å². The molecule has 0 radical (unpaired) electrons. The molecule has 1 unspecified atom stereocenters. The first-order chi connectivity index (χ1) is 11.5. The number of aromatic amines is 1. The molecule has 0 spiro atoms. The Morgan fingerprint density at radius 1 is 1.33 bits per heavy atom. The van der Waals surface area contributed by atoms with Crippen molar-refractivity contribution in [3.63, 3.8) is 0 Å². The quantitative estimate of drug-likeness (QED) is 0.796. The molecular weight excluding hydrogens is 315 g/mol. The number of halogens is 1. The van der Waals surface area contributed by atoms with Crippen LogP contribution in [-0.4, -0.2) is 30.5 Å². The first-order valence-corrected chi connectivity index (χ1v) is 7.51. The summed E-state index contributed by atoms with van der Waals surface area (Å²) in [5, 5.41) is 2.45. The van der Waals surface area contributed by atoms with Gasteiger partial charge in [-0.1, -0.05) is 18.2 Å². The average molecular weight is 334 g/mol. The maximum atomic E-state index is 13.9. The van der Waals surface area contributed by atoms with Gasteiger partial charge >= 0.3 is 5.97 Å². The van der Waals surface area contributed by atoms with Crippen LogP contribution in [0.1, 0.15) is 46.5 Å². The van der Waals surface area contributed by atoms with Crippen LogP contribution in [0.4, 0.5) is 4.39 Å². The highest BCUT2D eigenvalue weighted by molar-refractivity contribution is 5.98. The number of rotatable bonds is 6. The van der Waals surface area contributed by atoms with Crippen LogP contribution in [0.2, 0.25) is 0 Å². The summed E-state index contributed by atoms with van der Waals surface area (Å²) in [5.74, 6) is -1.32. The lowest BCUT2D eigenvalue weighted by Crippen LogP contribution is -2.20. The number of ether oxygens (including phenoxy) is 2. The van der Waals surface area contributed by atoms with Crippen LogP contribution in [-0.2, 0) is 4.74 Å². The van der Waals surface area contributed by atoms with Crippen LogP contribution in [0.15, 0.2) is 30.3 Å². The van der Waals surface area contributed by atoms with Crippen LogP contribution in [0.3, 0.4) is 0 Å². The van der Waals surface area contributed by atoms with E-state index in [0.29, 0.717) is 5.56 Å². The Hall–Kier alpha value is -2.83. The first-order valence-electron chi connectivity index (χ1n) is 7.51. The second-order valence-electron chi connectivity index (χ2n) is 5.00. The number of carbonyl (C=O) groups excluding carboxylic acids is 2. The van der Waals surface area contributed by atoms with E-state index in [0.717, 1.165) is 0 Å². The second-order valence-corrected chi connectivity index (χ2v) is 5.00. The molecule has 0 aliphatic rings. The van der Waals surface area contributed by atoms with Crippen LogP contribution in [0, 0.1) is 5.82 Å². The summed E-state index contributed by atoms with van der Waals surface area (Å²) in [7, 11) is 1.46. The molecule has 2 N–H and O–H groups in total. The van der Waals surface area contributed by atoms with E-state index >= 15 is 0 Å². The van der Waals surface area contributed by atoms with Gasteiger partial charge in [-0.3, -0.25) is 4.79 Å². The van der Waals surface area contributed by atoms with Crippen molar-refractivity contribution < 1.29 is 23.5 Å². The molecule has 0 aliphatic heterocycles. The lowest BCUT2D eigenvalue weighted by molar-refractivity contribution is 0.0520. The van der Waals surface area contributed by atoms with Gasteiger partial charge in [-0.15, -0.1) is 0 Å². The van der Waals surface area contributed by atoms with Crippen molar-refractivity contribution in [3.05, 3.63) is 53.1 Å². The zero-order valence-corrected chi connectivity index (χ0v) is 13.7. The molecule has 0 fully saturated rings. The third kappa shape index (κ3) is 3.73. The summed E-state index contributed by atoms with van der Waals surface area (Å²) in [5.41, 5.74) is 0.508. The maximum absolute atomic E-state index is 13.9. The van der Waals surface area contributed by atoms with Crippen molar-refractivity contribution in [1.82, 2.24) is 10.3 Å². The van der Waals surface area contributed by atoms with Gasteiger partial charge in [0.15, 0.2) is 5.75 Å². The van der Waals surface area contributed by atoms with Crippen molar-refractivity contribution in [1.29, 1.82) is 0 Å². The summed E-state index contributed by atoms with van der Waals surface area (Å²) in [6, 6.07) is 7.57. The smallest absolute Gasteiger partial charge is 0.354 e. The molecule has 24 heavy (non-hydrogen) atoms. The minimum atomic E-state index is -0.652. The summed E-state index contributed by atoms with van der Waals surface area (Å²) >= 11 is 0. The number of hydrogen-bond acceptors (Lipinski definition) is 4. The summed E-state index contributed by atoms with van der Waals surface area (Å²) in [6.07, 6.45) is -0.652. The summed E-state index contributed by atoms with van der Waals surface area (Å²) in [6.45, 7) is 3.54. The van der Waals surface area contributed by atoms with Gasteiger partial charge in [0.1, 0.15) is 23.3 Å². The monoisotopic (exact) mass is 334 g/mol. The molecule has 128 valence electrons. The van der Waals surface area contributed by atoms with Gasteiger partial charge in [0.2, 0.25) is 0 Å². The molecular formula is C17H19FN2O4. The molecule has 0 bridgehead atoms. The van der Waals surface area contributed by atoms with Crippen LogP contribution >= 0.6 is 0 Å². The van der Waals surface area contributed by atoms with E-state index in [1.54, 1.807) is 32.0 Å². The Morgan fingerprint density at radius 3 is 2.67 bits per heavy atom. The van der Waals surface area contributed by atoms with Crippen LogP contribution in [0.5, 0.6) is 5.75 Å². The van der Waals surface area contributed by atoms with E-state index in [9.17, 15) is 14.0 Å². The fourth-order valence-electron chi connectivity index (χ4n) is 2.20. The Morgan fingerprint density at radius 2 is 2.04 bits per heavy atom. The van der Waals surface area contributed by atoms with Crippen molar-refractivity contribution in [2.45, 2.75) is 20.0 Å². The third-order valence-corrected chi connectivity index (χ3v) is 3.38. The molecule has 0 aliphatic carbocycles. The maximum Gasteiger partial charge on any atom is 0.354 e. The van der Waals surface area contributed by atoms with E-state index in [2.05, 4.69) is 10.3 Å². The molecule has 7 heteroatoms. The third-order valence-electron chi connectivity index (χ3n) is 3.38. The van der Waals surface area contributed by atoms with E-state index in [1.165, 1.54) is 19.2 Å². The van der Waals surface area contributed by atoms with Gasteiger partial charge in [-0.25, -0.2) is 9.18 Å². The molecule has 6 nitrogen and oxygen atoms in total. The fourth-order valence-corrected chi connectivity index (χ4v) is 2.20. The Kier molecular flexibility index (Phi) is 5.57. The highest BCUT2D eigenvalue weighted by Crippen LogP contribution is 2.28. The largest absolute Gasteiger partial charge is 0.483 e. The Bertz CT molecular complexity index is 742. The van der Waals surface area contributed by atoms with Gasteiger partial charge in [0.25, 0.3) is 5.91 Å². The predicted molar refractivity (Wildman–Crippen MR) is 85.6 cm³/mol. The Balaban J connectivity index is 2.32. The van der Waals surface area contributed by atoms with Gasteiger partial charge in [-0.2, -0.15) is 0 Å².